The van der Waals surface area contributed by atoms with Crippen LogP contribution in [0.25, 0.3) is 22.1 Å². The average Bonchev–Trinajstić information content (AvgIpc) is 2.66. The number of furan rings is 1. The molecule has 0 fully saturated rings. The number of fused-ring (bicyclic) bond motifs is 1. The molecule has 0 saturated heterocycles. The second-order valence-electron chi connectivity index (χ2n) is 3.90. The van der Waals surface area contributed by atoms with Gasteiger partial charge in [-0.2, -0.15) is 0 Å². The largest absolute Gasteiger partial charge is 0.471 e. The molecule has 0 spiro atoms. The van der Waals surface area contributed by atoms with Crippen LogP contribution in [0.1, 0.15) is 0 Å². The summed E-state index contributed by atoms with van der Waals surface area (Å²) in [6.45, 7) is 0. The molecule has 0 amide bonds. The van der Waals surface area contributed by atoms with Crippen molar-refractivity contribution >= 4 is 24.5 Å². The van der Waals surface area contributed by atoms with E-state index < -0.39 is 0 Å². The van der Waals surface area contributed by atoms with Gasteiger partial charge in [0.1, 0.15) is 5.58 Å². The predicted molar refractivity (Wildman–Crippen MR) is 69.8 cm³/mol. The molecule has 0 aliphatic rings. The molecule has 0 radical (unpaired) electrons. The molecule has 3 aromatic rings. The van der Waals surface area contributed by atoms with E-state index in [9.17, 15) is 0 Å². The van der Waals surface area contributed by atoms with Crippen LogP contribution in [0.15, 0.2) is 59.0 Å². The second kappa shape index (κ2) is 3.56. The summed E-state index contributed by atoms with van der Waals surface area (Å²) in [6, 6.07) is 18.5. The van der Waals surface area contributed by atoms with Crippen LogP contribution in [0.3, 0.4) is 0 Å². The number of hydrogen-bond acceptors (Lipinski definition) is 1. The van der Waals surface area contributed by atoms with Crippen LogP contribution >= 0.6 is 0 Å². The standard InChI is InChI=1S/C14H11BO/c15-14-13(10-6-2-1-3-7-10)11-8-4-5-9-12(11)16-14/h1-9H,15H2. The van der Waals surface area contributed by atoms with Crippen LogP contribution < -0.4 is 5.66 Å². The summed E-state index contributed by atoms with van der Waals surface area (Å²) in [7, 11) is 2.02. The van der Waals surface area contributed by atoms with Crippen molar-refractivity contribution in [3.8, 4) is 11.1 Å². The van der Waals surface area contributed by atoms with Crippen molar-refractivity contribution in [3.05, 3.63) is 54.6 Å². The zero-order valence-corrected chi connectivity index (χ0v) is 9.10. The van der Waals surface area contributed by atoms with Crippen molar-refractivity contribution in [2.45, 2.75) is 0 Å². The topological polar surface area (TPSA) is 13.1 Å². The van der Waals surface area contributed by atoms with E-state index >= 15 is 0 Å². The van der Waals surface area contributed by atoms with Crippen LogP contribution in [0.5, 0.6) is 0 Å². The van der Waals surface area contributed by atoms with Gasteiger partial charge in [-0.15, -0.1) is 0 Å². The fourth-order valence-corrected chi connectivity index (χ4v) is 2.13. The Morgan fingerprint density at radius 3 is 2.31 bits per heavy atom. The molecule has 0 bridgehead atoms. The summed E-state index contributed by atoms with van der Waals surface area (Å²) < 4.78 is 5.75. The molecule has 2 aromatic carbocycles. The zero-order valence-electron chi connectivity index (χ0n) is 9.10. The van der Waals surface area contributed by atoms with Crippen LogP contribution in [0.4, 0.5) is 0 Å². The zero-order chi connectivity index (χ0) is 11.0. The van der Waals surface area contributed by atoms with E-state index in [-0.39, 0.29) is 0 Å². The third kappa shape index (κ3) is 1.35. The highest BCUT2D eigenvalue weighted by Gasteiger charge is 2.10. The Morgan fingerprint density at radius 1 is 0.812 bits per heavy atom. The molecule has 0 saturated carbocycles. The molecule has 76 valence electrons. The Kier molecular flexibility index (Phi) is 2.07. The quantitative estimate of drug-likeness (QED) is 0.557. The lowest BCUT2D eigenvalue weighted by Gasteiger charge is -1.99. The first-order chi connectivity index (χ1) is 7.86. The fraction of sp³-hybridized carbons (Fsp3) is 0. The summed E-state index contributed by atoms with van der Waals surface area (Å²) in [6.07, 6.45) is 0. The number of rotatable bonds is 1. The lowest BCUT2D eigenvalue weighted by atomic mass is 9.93. The van der Waals surface area contributed by atoms with E-state index in [1.54, 1.807) is 0 Å². The van der Waals surface area contributed by atoms with E-state index in [2.05, 4.69) is 30.3 Å². The predicted octanol–water partition coefficient (Wildman–Crippen LogP) is 2.36. The molecule has 2 heteroatoms. The van der Waals surface area contributed by atoms with Crippen molar-refractivity contribution in [2.75, 3.05) is 0 Å². The average molecular weight is 206 g/mol. The molecule has 0 N–H and O–H groups in total. The Labute approximate surface area is 95.1 Å². The van der Waals surface area contributed by atoms with E-state index in [1.165, 1.54) is 16.5 Å². The summed E-state index contributed by atoms with van der Waals surface area (Å²) in [5, 5.41) is 1.19. The first-order valence-electron chi connectivity index (χ1n) is 5.40. The van der Waals surface area contributed by atoms with Gasteiger partial charge in [-0.3, -0.25) is 0 Å². The van der Waals surface area contributed by atoms with Gasteiger partial charge < -0.3 is 4.42 Å². The van der Waals surface area contributed by atoms with E-state index in [0.717, 1.165) is 11.2 Å². The summed E-state index contributed by atoms with van der Waals surface area (Å²) >= 11 is 0. The Bertz CT molecular complexity index is 626. The number of benzene rings is 2. The summed E-state index contributed by atoms with van der Waals surface area (Å²) in [4.78, 5) is 0. The van der Waals surface area contributed by atoms with Crippen LogP contribution in [-0.2, 0) is 0 Å². The minimum atomic E-state index is 0.957. The summed E-state index contributed by atoms with van der Waals surface area (Å²) in [5.74, 6) is 0. The van der Waals surface area contributed by atoms with Crippen molar-refractivity contribution in [2.24, 2.45) is 0 Å². The normalized spacial score (nSPS) is 10.8. The molecule has 0 unspecified atom stereocenters. The molecule has 16 heavy (non-hydrogen) atoms. The Balaban J connectivity index is 2.35. The monoisotopic (exact) mass is 206 g/mol. The van der Waals surface area contributed by atoms with Crippen LogP contribution in [-0.4, -0.2) is 7.85 Å². The SMILES string of the molecule is Bc1oc2ccccc2c1-c1ccccc1. The second-order valence-corrected chi connectivity index (χ2v) is 3.90. The third-order valence-electron chi connectivity index (χ3n) is 2.83. The van der Waals surface area contributed by atoms with Gasteiger partial charge in [0, 0.05) is 10.9 Å². The lowest BCUT2D eigenvalue weighted by Crippen LogP contribution is -2.00. The molecule has 0 aliphatic heterocycles. The fourth-order valence-electron chi connectivity index (χ4n) is 2.13. The molecule has 1 aromatic heterocycles. The highest BCUT2D eigenvalue weighted by atomic mass is 16.3. The van der Waals surface area contributed by atoms with E-state index in [4.69, 9.17) is 4.42 Å². The van der Waals surface area contributed by atoms with Gasteiger partial charge in [-0.25, -0.2) is 0 Å². The maximum atomic E-state index is 5.75. The Morgan fingerprint density at radius 2 is 1.50 bits per heavy atom. The highest BCUT2D eigenvalue weighted by molar-refractivity contribution is 6.36. The van der Waals surface area contributed by atoms with Crippen molar-refractivity contribution in [1.82, 2.24) is 0 Å². The molecular formula is C14H11BO. The maximum Gasteiger partial charge on any atom is 0.187 e. The Hall–Kier alpha value is -1.96. The first-order valence-corrected chi connectivity index (χ1v) is 5.40. The smallest absolute Gasteiger partial charge is 0.187 e. The van der Waals surface area contributed by atoms with Gasteiger partial charge in [0.25, 0.3) is 0 Å². The van der Waals surface area contributed by atoms with Crippen molar-refractivity contribution < 1.29 is 4.42 Å². The number of para-hydroxylation sites is 1. The van der Waals surface area contributed by atoms with Gasteiger partial charge >= 0.3 is 0 Å². The van der Waals surface area contributed by atoms with Crippen LogP contribution in [0, 0.1) is 0 Å². The minimum absolute atomic E-state index is 0.957. The molecular weight excluding hydrogens is 195 g/mol. The number of hydrogen-bond donors (Lipinski definition) is 0. The van der Waals surface area contributed by atoms with E-state index in [1.807, 2.05) is 32.1 Å². The minimum Gasteiger partial charge on any atom is -0.471 e. The third-order valence-corrected chi connectivity index (χ3v) is 2.83. The van der Waals surface area contributed by atoms with Crippen LogP contribution in [0.2, 0.25) is 0 Å². The van der Waals surface area contributed by atoms with Gasteiger partial charge in [0.2, 0.25) is 0 Å². The molecule has 1 nitrogen and oxygen atoms in total. The molecule has 3 rings (SSSR count). The van der Waals surface area contributed by atoms with Gasteiger partial charge in [-0.1, -0.05) is 48.5 Å². The maximum absolute atomic E-state index is 5.75. The van der Waals surface area contributed by atoms with Gasteiger partial charge in [0.15, 0.2) is 7.85 Å². The van der Waals surface area contributed by atoms with E-state index in [0.29, 0.717) is 0 Å². The van der Waals surface area contributed by atoms with Gasteiger partial charge in [-0.05, 0) is 11.6 Å². The molecule has 0 aliphatic carbocycles. The molecule has 1 heterocycles. The van der Waals surface area contributed by atoms with Crippen molar-refractivity contribution in [3.63, 3.8) is 0 Å². The van der Waals surface area contributed by atoms with Gasteiger partial charge in [0.05, 0.1) is 5.66 Å². The lowest BCUT2D eigenvalue weighted by molar-refractivity contribution is 0.654. The highest BCUT2D eigenvalue weighted by Crippen LogP contribution is 2.27. The molecule has 0 atom stereocenters. The first kappa shape index (κ1) is 9.28. The summed E-state index contributed by atoms with van der Waals surface area (Å²) in [5.41, 5.74) is 4.35. The van der Waals surface area contributed by atoms with Crippen molar-refractivity contribution in [1.29, 1.82) is 0 Å².